The maximum absolute atomic E-state index is 6.22. The van der Waals surface area contributed by atoms with Crippen LogP contribution in [0.2, 0.25) is 0 Å². The van der Waals surface area contributed by atoms with Gasteiger partial charge < -0.3 is 5.73 Å². The zero-order valence-corrected chi connectivity index (χ0v) is 13.1. The molecular formula is C19H31N. The Kier molecular flexibility index (Phi) is 3.07. The maximum atomic E-state index is 6.22. The van der Waals surface area contributed by atoms with Crippen molar-refractivity contribution in [1.29, 1.82) is 0 Å². The third-order valence-corrected chi connectivity index (χ3v) is 7.95. The van der Waals surface area contributed by atoms with Crippen molar-refractivity contribution in [2.75, 3.05) is 0 Å². The second kappa shape index (κ2) is 4.60. The predicted molar refractivity (Wildman–Crippen MR) is 84.2 cm³/mol. The minimum atomic E-state index is 0.499. The Morgan fingerprint density at radius 1 is 1.00 bits per heavy atom. The first kappa shape index (κ1) is 13.4. The quantitative estimate of drug-likeness (QED) is 0.645. The first-order valence-electron chi connectivity index (χ1n) is 9.03. The molecule has 4 fully saturated rings. The van der Waals surface area contributed by atoms with E-state index in [0.29, 0.717) is 11.5 Å². The van der Waals surface area contributed by atoms with Crippen LogP contribution >= 0.6 is 0 Å². The fourth-order valence-electron chi connectivity index (χ4n) is 6.80. The average molecular weight is 273 g/mol. The van der Waals surface area contributed by atoms with Gasteiger partial charge in [-0.1, -0.05) is 19.1 Å². The Morgan fingerprint density at radius 3 is 2.65 bits per heavy atom. The molecule has 4 rings (SSSR count). The van der Waals surface area contributed by atoms with Crippen LogP contribution in [0, 0.1) is 35.0 Å². The Morgan fingerprint density at radius 2 is 1.80 bits per heavy atom. The lowest BCUT2D eigenvalue weighted by Crippen LogP contribution is -2.48. The summed E-state index contributed by atoms with van der Waals surface area (Å²) in [6.07, 6.45) is 12.7. The fourth-order valence-corrected chi connectivity index (χ4v) is 6.80. The van der Waals surface area contributed by atoms with Gasteiger partial charge in [-0.25, -0.2) is 0 Å². The second-order valence-electron chi connectivity index (χ2n) is 8.61. The van der Waals surface area contributed by atoms with Crippen molar-refractivity contribution >= 4 is 0 Å². The van der Waals surface area contributed by atoms with E-state index in [1.165, 1.54) is 57.8 Å². The summed E-state index contributed by atoms with van der Waals surface area (Å²) in [6, 6.07) is 0.507. The minimum absolute atomic E-state index is 0.499. The van der Waals surface area contributed by atoms with Crippen LogP contribution in [0.15, 0.2) is 12.2 Å². The summed E-state index contributed by atoms with van der Waals surface area (Å²) in [5.41, 5.74) is 8.30. The van der Waals surface area contributed by atoms with Gasteiger partial charge in [0.15, 0.2) is 0 Å². The SMILES string of the molecule is C=C1CCC2C3CCC4CC(N)CCC4C3CCC12C. The zero-order valence-electron chi connectivity index (χ0n) is 13.1. The topological polar surface area (TPSA) is 26.0 Å². The monoisotopic (exact) mass is 273 g/mol. The van der Waals surface area contributed by atoms with Crippen molar-refractivity contribution in [2.45, 2.75) is 70.8 Å². The van der Waals surface area contributed by atoms with Crippen molar-refractivity contribution in [3.05, 3.63) is 12.2 Å². The predicted octanol–water partition coefficient (Wildman–Crippen LogP) is 4.52. The third kappa shape index (κ3) is 1.78. The van der Waals surface area contributed by atoms with Gasteiger partial charge in [-0.05, 0) is 92.8 Å². The van der Waals surface area contributed by atoms with Crippen LogP contribution in [-0.2, 0) is 0 Å². The third-order valence-electron chi connectivity index (χ3n) is 7.95. The highest BCUT2D eigenvalue weighted by molar-refractivity contribution is 5.20. The van der Waals surface area contributed by atoms with Crippen molar-refractivity contribution < 1.29 is 0 Å². The molecule has 0 spiro atoms. The van der Waals surface area contributed by atoms with Crippen LogP contribution < -0.4 is 5.73 Å². The van der Waals surface area contributed by atoms with Crippen LogP contribution in [0.3, 0.4) is 0 Å². The maximum Gasteiger partial charge on any atom is 0.00416 e. The highest BCUT2D eigenvalue weighted by atomic mass is 14.7. The van der Waals surface area contributed by atoms with Crippen molar-refractivity contribution in [3.8, 4) is 0 Å². The molecule has 0 aromatic rings. The first-order chi connectivity index (χ1) is 9.59. The Balaban J connectivity index is 1.58. The van der Waals surface area contributed by atoms with Gasteiger partial charge in [0, 0.05) is 6.04 Å². The number of hydrogen-bond donors (Lipinski definition) is 1. The smallest absolute Gasteiger partial charge is 0.00416 e. The van der Waals surface area contributed by atoms with Gasteiger partial charge in [-0.3, -0.25) is 0 Å². The summed E-state index contributed by atoms with van der Waals surface area (Å²) in [5, 5.41) is 0. The summed E-state index contributed by atoms with van der Waals surface area (Å²) < 4.78 is 0. The number of nitrogens with two attached hydrogens (primary N) is 1. The Hall–Kier alpha value is -0.300. The van der Waals surface area contributed by atoms with Crippen LogP contribution in [-0.4, -0.2) is 6.04 Å². The second-order valence-corrected chi connectivity index (χ2v) is 8.61. The molecule has 0 saturated heterocycles. The molecule has 2 N–H and O–H groups in total. The molecular weight excluding hydrogens is 242 g/mol. The van der Waals surface area contributed by atoms with E-state index in [1.807, 2.05) is 0 Å². The lowest BCUT2D eigenvalue weighted by molar-refractivity contribution is -0.0427. The number of hydrogen-bond acceptors (Lipinski definition) is 1. The molecule has 7 unspecified atom stereocenters. The summed E-state index contributed by atoms with van der Waals surface area (Å²) in [4.78, 5) is 0. The van der Waals surface area contributed by atoms with Crippen LogP contribution in [0.4, 0.5) is 0 Å². The summed E-state index contributed by atoms with van der Waals surface area (Å²) >= 11 is 0. The molecule has 4 aliphatic carbocycles. The van der Waals surface area contributed by atoms with Gasteiger partial charge in [-0.15, -0.1) is 0 Å². The van der Waals surface area contributed by atoms with Gasteiger partial charge >= 0.3 is 0 Å². The number of allylic oxidation sites excluding steroid dienone is 1. The van der Waals surface area contributed by atoms with E-state index < -0.39 is 0 Å². The molecule has 0 aliphatic heterocycles. The molecule has 1 heteroatoms. The van der Waals surface area contributed by atoms with E-state index in [4.69, 9.17) is 5.73 Å². The first-order valence-corrected chi connectivity index (χ1v) is 9.03. The van der Waals surface area contributed by atoms with Gasteiger partial charge in [0.25, 0.3) is 0 Å². The molecule has 0 aromatic carbocycles. The Labute approximate surface area is 124 Å². The highest BCUT2D eigenvalue weighted by Gasteiger charge is 2.54. The fraction of sp³-hybridized carbons (Fsp3) is 0.895. The highest BCUT2D eigenvalue weighted by Crippen LogP contribution is 2.63. The molecule has 112 valence electrons. The van der Waals surface area contributed by atoms with E-state index in [-0.39, 0.29) is 0 Å². The van der Waals surface area contributed by atoms with Crippen LogP contribution in [0.1, 0.15) is 64.7 Å². The lowest BCUT2D eigenvalue weighted by Gasteiger charge is -2.55. The summed E-state index contributed by atoms with van der Waals surface area (Å²) in [7, 11) is 0. The van der Waals surface area contributed by atoms with Crippen molar-refractivity contribution in [2.24, 2.45) is 40.7 Å². The van der Waals surface area contributed by atoms with Crippen LogP contribution in [0.25, 0.3) is 0 Å². The van der Waals surface area contributed by atoms with Gasteiger partial charge in [-0.2, -0.15) is 0 Å². The van der Waals surface area contributed by atoms with E-state index in [0.717, 1.165) is 29.6 Å². The van der Waals surface area contributed by atoms with Crippen LogP contribution in [0.5, 0.6) is 0 Å². The van der Waals surface area contributed by atoms with Gasteiger partial charge in [0.1, 0.15) is 0 Å². The summed E-state index contributed by atoms with van der Waals surface area (Å²) in [5.74, 6) is 5.00. The molecule has 20 heavy (non-hydrogen) atoms. The Bertz CT molecular complexity index is 414. The van der Waals surface area contributed by atoms with E-state index in [1.54, 1.807) is 5.57 Å². The molecule has 4 saturated carbocycles. The van der Waals surface area contributed by atoms with Gasteiger partial charge in [0.05, 0.1) is 0 Å². The molecule has 1 nitrogen and oxygen atoms in total. The largest absolute Gasteiger partial charge is 0.328 e. The minimum Gasteiger partial charge on any atom is -0.328 e. The van der Waals surface area contributed by atoms with E-state index in [9.17, 15) is 0 Å². The summed E-state index contributed by atoms with van der Waals surface area (Å²) in [6.45, 7) is 6.96. The molecule has 0 amide bonds. The van der Waals surface area contributed by atoms with Gasteiger partial charge in [0.2, 0.25) is 0 Å². The lowest BCUT2D eigenvalue weighted by atomic mass is 9.50. The van der Waals surface area contributed by atoms with Crippen molar-refractivity contribution in [1.82, 2.24) is 0 Å². The molecule has 0 bridgehead atoms. The number of rotatable bonds is 0. The molecule has 0 heterocycles. The van der Waals surface area contributed by atoms with E-state index in [2.05, 4.69) is 13.5 Å². The molecule has 0 aromatic heterocycles. The standard InChI is InChI=1S/C19H31N/c1-12-3-8-18-17-6-4-13-11-14(20)5-7-15(13)16(17)9-10-19(12,18)2/h13-18H,1,3-11,20H2,2H3. The average Bonchev–Trinajstić information content (AvgIpc) is 2.74. The number of fused-ring (bicyclic) bond motifs is 5. The normalized spacial score (nSPS) is 55.0. The molecule has 7 atom stereocenters. The zero-order chi connectivity index (χ0) is 13.9. The molecule has 0 radical (unpaired) electrons. The molecule has 4 aliphatic rings. The van der Waals surface area contributed by atoms with Crippen molar-refractivity contribution in [3.63, 3.8) is 0 Å². The van der Waals surface area contributed by atoms with E-state index >= 15 is 0 Å².